The van der Waals surface area contributed by atoms with Crippen LogP contribution in [0.1, 0.15) is 38.4 Å². The molecule has 0 saturated carbocycles. The van der Waals surface area contributed by atoms with Crippen LogP contribution in [0.15, 0.2) is 24.3 Å². The lowest BCUT2D eigenvalue weighted by atomic mass is 10.1. The highest BCUT2D eigenvalue weighted by atomic mass is 79.9. The van der Waals surface area contributed by atoms with E-state index in [1.54, 1.807) is 7.11 Å². The Kier molecular flexibility index (Phi) is 7.36. The first-order valence-corrected chi connectivity index (χ1v) is 7.61. The van der Waals surface area contributed by atoms with Crippen molar-refractivity contribution in [1.29, 1.82) is 0 Å². The Bertz CT molecular complexity index is 339. The quantitative estimate of drug-likeness (QED) is 0.516. The van der Waals surface area contributed by atoms with Crippen LogP contribution in [0.5, 0.6) is 5.75 Å². The molecule has 1 rings (SSSR count). The van der Waals surface area contributed by atoms with Gasteiger partial charge in [-0.25, -0.2) is 0 Å². The summed E-state index contributed by atoms with van der Waals surface area (Å²) in [5.41, 5.74) is 1.11. The van der Waals surface area contributed by atoms with Gasteiger partial charge < -0.3 is 9.47 Å². The maximum absolute atomic E-state index is 5.94. The largest absolute Gasteiger partial charge is 0.496 e. The van der Waals surface area contributed by atoms with Gasteiger partial charge in [0.05, 0.1) is 13.2 Å². The fraction of sp³-hybridized carbons (Fsp3) is 0.600. The van der Waals surface area contributed by atoms with Gasteiger partial charge in [0.15, 0.2) is 0 Å². The van der Waals surface area contributed by atoms with Gasteiger partial charge in [-0.1, -0.05) is 48.0 Å². The van der Waals surface area contributed by atoms with E-state index in [9.17, 15) is 0 Å². The minimum atomic E-state index is 0.0633. The highest BCUT2D eigenvalue weighted by Gasteiger charge is 2.14. The Morgan fingerprint density at radius 1 is 1.22 bits per heavy atom. The van der Waals surface area contributed by atoms with Gasteiger partial charge in [-0.05, 0) is 24.8 Å². The van der Waals surface area contributed by atoms with Crippen molar-refractivity contribution in [2.75, 3.05) is 19.0 Å². The van der Waals surface area contributed by atoms with Crippen molar-refractivity contribution in [1.82, 2.24) is 0 Å². The van der Waals surface area contributed by atoms with E-state index in [1.165, 1.54) is 6.42 Å². The summed E-state index contributed by atoms with van der Waals surface area (Å²) in [5, 5.41) is 0.787. The molecule has 3 heteroatoms. The third-order valence-corrected chi connectivity index (χ3v) is 3.46. The molecule has 0 heterocycles. The summed E-state index contributed by atoms with van der Waals surface area (Å²) in [4.78, 5) is 0. The SMILES string of the molecule is COc1ccccc1C(CBr)OCCCC(C)C. The zero-order valence-electron chi connectivity index (χ0n) is 11.5. The summed E-state index contributed by atoms with van der Waals surface area (Å²) in [6.07, 6.45) is 2.38. The molecule has 0 aliphatic heterocycles. The highest BCUT2D eigenvalue weighted by molar-refractivity contribution is 9.09. The molecule has 0 aliphatic rings. The van der Waals surface area contributed by atoms with Crippen molar-refractivity contribution in [2.45, 2.75) is 32.8 Å². The number of rotatable bonds is 8. The molecule has 0 radical (unpaired) electrons. The summed E-state index contributed by atoms with van der Waals surface area (Å²) in [6, 6.07) is 8.03. The zero-order valence-corrected chi connectivity index (χ0v) is 13.1. The molecule has 18 heavy (non-hydrogen) atoms. The van der Waals surface area contributed by atoms with Gasteiger partial charge in [-0.3, -0.25) is 0 Å². The van der Waals surface area contributed by atoms with Crippen molar-refractivity contribution in [2.24, 2.45) is 5.92 Å². The number of para-hydroxylation sites is 1. The van der Waals surface area contributed by atoms with Gasteiger partial charge in [0.2, 0.25) is 0 Å². The maximum Gasteiger partial charge on any atom is 0.124 e. The molecule has 1 aromatic rings. The number of hydrogen-bond acceptors (Lipinski definition) is 2. The van der Waals surface area contributed by atoms with Crippen molar-refractivity contribution < 1.29 is 9.47 Å². The van der Waals surface area contributed by atoms with Crippen LogP contribution < -0.4 is 4.74 Å². The van der Waals surface area contributed by atoms with E-state index in [4.69, 9.17) is 9.47 Å². The van der Waals surface area contributed by atoms with Gasteiger partial charge in [0.25, 0.3) is 0 Å². The van der Waals surface area contributed by atoms with E-state index in [2.05, 4.69) is 35.8 Å². The average molecular weight is 315 g/mol. The fourth-order valence-electron chi connectivity index (χ4n) is 1.87. The summed E-state index contributed by atoms with van der Waals surface area (Å²) in [7, 11) is 1.70. The van der Waals surface area contributed by atoms with Gasteiger partial charge in [0, 0.05) is 17.5 Å². The van der Waals surface area contributed by atoms with E-state index >= 15 is 0 Å². The average Bonchev–Trinajstić information content (AvgIpc) is 2.38. The Hall–Kier alpha value is -0.540. The lowest BCUT2D eigenvalue weighted by Gasteiger charge is -2.18. The predicted octanol–water partition coefficient (Wildman–Crippen LogP) is 4.58. The second-order valence-corrected chi connectivity index (χ2v) is 5.44. The first-order valence-electron chi connectivity index (χ1n) is 6.49. The minimum Gasteiger partial charge on any atom is -0.496 e. The van der Waals surface area contributed by atoms with E-state index in [-0.39, 0.29) is 6.10 Å². The van der Waals surface area contributed by atoms with Crippen molar-refractivity contribution in [3.05, 3.63) is 29.8 Å². The van der Waals surface area contributed by atoms with E-state index < -0.39 is 0 Å². The van der Waals surface area contributed by atoms with Crippen LogP contribution in [0.2, 0.25) is 0 Å². The first kappa shape index (κ1) is 15.5. The number of benzene rings is 1. The van der Waals surface area contributed by atoms with Gasteiger partial charge >= 0.3 is 0 Å². The van der Waals surface area contributed by atoms with Crippen molar-refractivity contribution in [3.63, 3.8) is 0 Å². The summed E-state index contributed by atoms with van der Waals surface area (Å²) in [6.45, 7) is 5.27. The molecule has 0 N–H and O–H groups in total. The maximum atomic E-state index is 5.94. The van der Waals surface area contributed by atoms with Crippen LogP contribution in [0, 0.1) is 5.92 Å². The van der Waals surface area contributed by atoms with E-state index in [1.807, 2.05) is 18.2 Å². The molecule has 0 aliphatic carbocycles. The Morgan fingerprint density at radius 2 is 1.94 bits per heavy atom. The first-order chi connectivity index (χ1) is 8.69. The molecular formula is C15H23BrO2. The number of methoxy groups -OCH3 is 1. The molecule has 0 fully saturated rings. The smallest absolute Gasteiger partial charge is 0.124 e. The lowest BCUT2D eigenvalue weighted by molar-refractivity contribution is 0.0638. The van der Waals surface area contributed by atoms with Gasteiger partial charge in [-0.2, -0.15) is 0 Å². The normalized spacial score (nSPS) is 12.7. The third kappa shape index (κ3) is 4.99. The molecular weight excluding hydrogens is 292 g/mol. The molecule has 0 bridgehead atoms. The van der Waals surface area contributed by atoms with E-state index in [0.717, 1.165) is 35.6 Å². The number of ether oxygens (including phenoxy) is 2. The summed E-state index contributed by atoms with van der Waals surface area (Å²) < 4.78 is 11.3. The molecule has 0 amide bonds. The summed E-state index contributed by atoms with van der Waals surface area (Å²) >= 11 is 3.52. The molecule has 1 unspecified atom stereocenters. The lowest BCUT2D eigenvalue weighted by Crippen LogP contribution is -2.09. The number of halogens is 1. The highest BCUT2D eigenvalue weighted by Crippen LogP contribution is 2.28. The van der Waals surface area contributed by atoms with Crippen LogP contribution in [-0.4, -0.2) is 19.0 Å². The monoisotopic (exact) mass is 314 g/mol. The molecule has 1 aromatic carbocycles. The second-order valence-electron chi connectivity index (χ2n) is 4.79. The minimum absolute atomic E-state index is 0.0633. The van der Waals surface area contributed by atoms with Crippen molar-refractivity contribution in [3.8, 4) is 5.75 Å². The van der Waals surface area contributed by atoms with Crippen LogP contribution in [0.4, 0.5) is 0 Å². The number of alkyl halides is 1. The second kappa shape index (κ2) is 8.54. The Labute approximate surface area is 119 Å². The molecule has 102 valence electrons. The Morgan fingerprint density at radius 3 is 2.56 bits per heavy atom. The van der Waals surface area contributed by atoms with Crippen LogP contribution >= 0.6 is 15.9 Å². The standard InChI is InChI=1S/C15H23BrO2/c1-12(2)7-6-10-18-15(11-16)13-8-4-5-9-14(13)17-3/h4-5,8-9,12,15H,6-7,10-11H2,1-3H3. The zero-order chi connectivity index (χ0) is 13.4. The molecule has 0 saturated heterocycles. The molecule has 2 nitrogen and oxygen atoms in total. The summed E-state index contributed by atoms with van der Waals surface area (Å²) in [5.74, 6) is 1.63. The molecule has 0 aromatic heterocycles. The van der Waals surface area contributed by atoms with Crippen LogP contribution in [-0.2, 0) is 4.74 Å². The van der Waals surface area contributed by atoms with Gasteiger partial charge in [-0.15, -0.1) is 0 Å². The molecule has 1 atom stereocenters. The van der Waals surface area contributed by atoms with Crippen LogP contribution in [0.3, 0.4) is 0 Å². The van der Waals surface area contributed by atoms with Crippen LogP contribution in [0.25, 0.3) is 0 Å². The fourth-order valence-corrected chi connectivity index (χ4v) is 2.40. The number of hydrogen-bond donors (Lipinski definition) is 0. The van der Waals surface area contributed by atoms with E-state index in [0.29, 0.717) is 0 Å². The predicted molar refractivity (Wildman–Crippen MR) is 79.6 cm³/mol. The molecule has 0 spiro atoms. The topological polar surface area (TPSA) is 18.5 Å². The Balaban J connectivity index is 2.54. The van der Waals surface area contributed by atoms with Crippen molar-refractivity contribution >= 4 is 15.9 Å². The third-order valence-electron chi connectivity index (χ3n) is 2.87. The van der Waals surface area contributed by atoms with Gasteiger partial charge in [0.1, 0.15) is 5.75 Å².